The van der Waals surface area contributed by atoms with E-state index in [0.29, 0.717) is 0 Å². The molecule has 0 unspecified atom stereocenters. The van der Waals surface area contributed by atoms with Gasteiger partial charge in [-0.05, 0) is 71.7 Å². The Labute approximate surface area is 119 Å². The van der Waals surface area contributed by atoms with E-state index in [1.165, 1.54) is 24.1 Å². The Morgan fingerprint density at radius 3 is 2.47 bits per heavy atom. The number of nitrogens with zero attached hydrogens (tertiary/aromatic N) is 1. The van der Waals surface area contributed by atoms with E-state index in [1.54, 1.807) is 0 Å². The topological polar surface area (TPSA) is 15.3 Å². The third-order valence-electron chi connectivity index (χ3n) is 3.26. The number of nitrogens with one attached hydrogen (secondary N) is 1. The summed E-state index contributed by atoms with van der Waals surface area (Å²) in [6, 6.07) is 8.79. The molecular formula is C17H30N2. The maximum Gasteiger partial charge on any atom is 0.0368 e. The summed E-state index contributed by atoms with van der Waals surface area (Å²) < 4.78 is 0. The van der Waals surface area contributed by atoms with Gasteiger partial charge < -0.3 is 10.2 Å². The number of benzene rings is 1. The van der Waals surface area contributed by atoms with Crippen LogP contribution in [0.25, 0.3) is 0 Å². The molecule has 2 heteroatoms. The van der Waals surface area contributed by atoms with Crippen LogP contribution in [-0.4, -0.2) is 25.2 Å². The van der Waals surface area contributed by atoms with E-state index in [2.05, 4.69) is 69.1 Å². The van der Waals surface area contributed by atoms with Crippen molar-refractivity contribution in [2.75, 3.05) is 24.5 Å². The molecule has 0 saturated carbocycles. The highest BCUT2D eigenvalue weighted by atomic mass is 15.1. The van der Waals surface area contributed by atoms with Crippen LogP contribution in [0.1, 0.15) is 46.1 Å². The molecule has 0 aromatic heterocycles. The van der Waals surface area contributed by atoms with Gasteiger partial charge in [-0.25, -0.2) is 0 Å². The Hall–Kier alpha value is -1.02. The van der Waals surface area contributed by atoms with Gasteiger partial charge in [-0.1, -0.05) is 12.1 Å². The van der Waals surface area contributed by atoms with Crippen molar-refractivity contribution < 1.29 is 0 Å². The SMILES string of the molecule is CCN(CCCCNC(C)(C)C)c1cccc(C)c1. The fourth-order valence-electron chi connectivity index (χ4n) is 2.19. The standard InChI is InChI=1S/C17H30N2/c1-6-19(16-11-9-10-15(2)14-16)13-8-7-12-18-17(3,4)5/h9-11,14,18H,6-8,12-13H2,1-5H3. The third kappa shape index (κ3) is 6.63. The van der Waals surface area contributed by atoms with Crippen molar-refractivity contribution in [1.82, 2.24) is 5.32 Å². The van der Waals surface area contributed by atoms with Gasteiger partial charge in [-0.2, -0.15) is 0 Å². The van der Waals surface area contributed by atoms with Crippen molar-refractivity contribution in [3.63, 3.8) is 0 Å². The molecule has 0 bridgehead atoms. The molecular weight excluding hydrogens is 232 g/mol. The van der Waals surface area contributed by atoms with E-state index in [9.17, 15) is 0 Å². The van der Waals surface area contributed by atoms with Gasteiger partial charge in [0, 0.05) is 24.3 Å². The van der Waals surface area contributed by atoms with Gasteiger partial charge in [0.25, 0.3) is 0 Å². The summed E-state index contributed by atoms with van der Waals surface area (Å²) in [6.45, 7) is 14.4. The summed E-state index contributed by atoms with van der Waals surface area (Å²) in [4.78, 5) is 2.46. The largest absolute Gasteiger partial charge is 0.372 e. The fourth-order valence-corrected chi connectivity index (χ4v) is 2.19. The second kappa shape index (κ2) is 7.54. The van der Waals surface area contributed by atoms with Crippen LogP contribution >= 0.6 is 0 Å². The maximum atomic E-state index is 3.54. The normalized spacial score (nSPS) is 11.6. The lowest BCUT2D eigenvalue weighted by atomic mass is 10.1. The van der Waals surface area contributed by atoms with Gasteiger partial charge >= 0.3 is 0 Å². The minimum absolute atomic E-state index is 0.237. The zero-order valence-electron chi connectivity index (χ0n) is 13.3. The van der Waals surface area contributed by atoms with E-state index in [4.69, 9.17) is 0 Å². The van der Waals surface area contributed by atoms with Gasteiger partial charge in [-0.15, -0.1) is 0 Å². The van der Waals surface area contributed by atoms with Crippen LogP contribution in [0.3, 0.4) is 0 Å². The molecule has 2 nitrogen and oxygen atoms in total. The highest BCUT2D eigenvalue weighted by Gasteiger charge is 2.08. The molecule has 1 N–H and O–H groups in total. The second-order valence-electron chi connectivity index (χ2n) is 6.30. The lowest BCUT2D eigenvalue weighted by Gasteiger charge is -2.24. The minimum atomic E-state index is 0.237. The lowest BCUT2D eigenvalue weighted by Crippen LogP contribution is -2.36. The van der Waals surface area contributed by atoms with Crippen LogP contribution < -0.4 is 10.2 Å². The van der Waals surface area contributed by atoms with E-state index in [-0.39, 0.29) is 5.54 Å². The number of hydrogen-bond acceptors (Lipinski definition) is 2. The first-order chi connectivity index (χ1) is 8.92. The highest BCUT2D eigenvalue weighted by molar-refractivity contribution is 5.48. The number of rotatable bonds is 7. The molecule has 0 aliphatic heterocycles. The molecule has 1 aromatic rings. The number of unbranched alkanes of at least 4 members (excludes halogenated alkanes) is 1. The monoisotopic (exact) mass is 262 g/mol. The Kier molecular flexibility index (Phi) is 6.36. The predicted octanol–water partition coefficient (Wildman–Crippen LogP) is 3.99. The molecule has 0 amide bonds. The Morgan fingerprint density at radius 1 is 1.16 bits per heavy atom. The zero-order valence-corrected chi connectivity index (χ0v) is 13.3. The summed E-state index contributed by atoms with van der Waals surface area (Å²) in [5.41, 5.74) is 2.93. The Morgan fingerprint density at radius 2 is 1.89 bits per heavy atom. The third-order valence-corrected chi connectivity index (χ3v) is 3.26. The van der Waals surface area contributed by atoms with Crippen molar-refractivity contribution in [2.24, 2.45) is 0 Å². The fraction of sp³-hybridized carbons (Fsp3) is 0.647. The second-order valence-corrected chi connectivity index (χ2v) is 6.30. The minimum Gasteiger partial charge on any atom is -0.372 e. The molecule has 0 aliphatic carbocycles. The summed E-state index contributed by atoms with van der Waals surface area (Å²) in [7, 11) is 0. The number of hydrogen-bond donors (Lipinski definition) is 1. The van der Waals surface area contributed by atoms with Gasteiger partial charge in [0.1, 0.15) is 0 Å². The average molecular weight is 262 g/mol. The molecule has 0 saturated heterocycles. The van der Waals surface area contributed by atoms with Crippen LogP contribution in [0, 0.1) is 6.92 Å². The summed E-state index contributed by atoms with van der Waals surface area (Å²) in [5.74, 6) is 0. The van der Waals surface area contributed by atoms with Crippen molar-refractivity contribution in [2.45, 2.75) is 53.0 Å². The van der Waals surface area contributed by atoms with Gasteiger partial charge in [-0.3, -0.25) is 0 Å². The Bertz CT molecular complexity index is 366. The van der Waals surface area contributed by atoms with Crippen molar-refractivity contribution in [3.8, 4) is 0 Å². The molecule has 0 heterocycles. The molecule has 0 spiro atoms. The van der Waals surface area contributed by atoms with Crippen molar-refractivity contribution in [1.29, 1.82) is 0 Å². The van der Waals surface area contributed by atoms with E-state index >= 15 is 0 Å². The highest BCUT2D eigenvalue weighted by Crippen LogP contribution is 2.16. The summed E-state index contributed by atoms with van der Waals surface area (Å²) in [6.07, 6.45) is 2.48. The van der Waals surface area contributed by atoms with E-state index in [0.717, 1.165) is 19.6 Å². The molecule has 0 aliphatic rings. The van der Waals surface area contributed by atoms with Crippen molar-refractivity contribution in [3.05, 3.63) is 29.8 Å². The zero-order chi connectivity index (χ0) is 14.3. The van der Waals surface area contributed by atoms with Crippen LogP contribution in [-0.2, 0) is 0 Å². The van der Waals surface area contributed by atoms with Gasteiger partial charge in [0.2, 0.25) is 0 Å². The quantitative estimate of drug-likeness (QED) is 0.747. The lowest BCUT2D eigenvalue weighted by molar-refractivity contribution is 0.419. The van der Waals surface area contributed by atoms with Gasteiger partial charge in [0.15, 0.2) is 0 Å². The molecule has 1 aromatic carbocycles. The van der Waals surface area contributed by atoms with Crippen molar-refractivity contribution >= 4 is 5.69 Å². The number of anilines is 1. The molecule has 108 valence electrons. The van der Waals surface area contributed by atoms with Crippen LogP contribution in [0.5, 0.6) is 0 Å². The molecule has 19 heavy (non-hydrogen) atoms. The molecule has 1 rings (SSSR count). The average Bonchev–Trinajstić information content (AvgIpc) is 2.32. The van der Waals surface area contributed by atoms with Crippen LogP contribution in [0.15, 0.2) is 24.3 Å². The van der Waals surface area contributed by atoms with E-state index < -0.39 is 0 Å². The first kappa shape index (κ1) is 16.0. The molecule has 0 radical (unpaired) electrons. The number of aryl methyl sites for hydroxylation is 1. The molecule has 0 fully saturated rings. The smallest absolute Gasteiger partial charge is 0.0368 e. The summed E-state index contributed by atoms with van der Waals surface area (Å²) >= 11 is 0. The van der Waals surface area contributed by atoms with Gasteiger partial charge in [0.05, 0.1) is 0 Å². The summed E-state index contributed by atoms with van der Waals surface area (Å²) in [5, 5.41) is 3.54. The first-order valence-electron chi connectivity index (χ1n) is 7.49. The Balaban J connectivity index is 2.34. The van der Waals surface area contributed by atoms with Crippen LogP contribution in [0.4, 0.5) is 5.69 Å². The van der Waals surface area contributed by atoms with E-state index in [1.807, 2.05) is 0 Å². The predicted molar refractivity (Wildman–Crippen MR) is 86.1 cm³/mol. The molecule has 0 atom stereocenters. The maximum absolute atomic E-state index is 3.54. The first-order valence-corrected chi connectivity index (χ1v) is 7.49. The van der Waals surface area contributed by atoms with Crippen LogP contribution in [0.2, 0.25) is 0 Å².